The summed E-state index contributed by atoms with van der Waals surface area (Å²) in [5.74, 6) is 0.705. The summed E-state index contributed by atoms with van der Waals surface area (Å²) in [4.78, 5) is 14.4. The molecule has 1 aliphatic rings. The Balaban J connectivity index is 2.24. The van der Waals surface area contributed by atoms with E-state index in [2.05, 4.69) is 13.8 Å². The van der Waals surface area contributed by atoms with Gasteiger partial charge in [0, 0.05) is 25.3 Å². The van der Waals surface area contributed by atoms with Crippen LogP contribution in [0.4, 0.5) is 5.69 Å². The molecule has 0 spiro atoms. The van der Waals surface area contributed by atoms with E-state index >= 15 is 0 Å². The predicted molar refractivity (Wildman–Crippen MR) is 68.8 cm³/mol. The van der Waals surface area contributed by atoms with E-state index in [0.29, 0.717) is 23.3 Å². The molecule has 0 aliphatic carbocycles. The van der Waals surface area contributed by atoms with Crippen LogP contribution in [0.2, 0.25) is 0 Å². The van der Waals surface area contributed by atoms with Gasteiger partial charge in [-0.05, 0) is 32.3 Å². The molecule has 94 valence electrons. The summed E-state index contributed by atoms with van der Waals surface area (Å²) in [6.07, 6.45) is 2.92. The summed E-state index contributed by atoms with van der Waals surface area (Å²) < 4.78 is 1.92. The maximum Gasteiger partial charge on any atom is 0.270 e. The number of aryl methyl sites for hydroxylation is 1. The molecular weight excluding hydrogens is 214 g/mol. The number of carbonyl (C=O) groups excluding carboxylic acids is 1. The van der Waals surface area contributed by atoms with Crippen LogP contribution in [0.3, 0.4) is 0 Å². The summed E-state index contributed by atoms with van der Waals surface area (Å²) in [5.41, 5.74) is 7.14. The third kappa shape index (κ3) is 2.16. The van der Waals surface area contributed by atoms with Gasteiger partial charge in [-0.2, -0.15) is 0 Å². The number of rotatable bonds is 2. The van der Waals surface area contributed by atoms with Crippen LogP contribution < -0.4 is 5.73 Å². The standard InChI is InChI=1S/C13H21N3O/c1-4-15-8-11(14)6-12(15)13(17)16-7-9(2)5-10(16)3/h6,8-10H,4-5,7,14H2,1-3H3. The van der Waals surface area contributed by atoms with Crippen molar-refractivity contribution in [3.05, 3.63) is 18.0 Å². The summed E-state index contributed by atoms with van der Waals surface area (Å²) >= 11 is 0. The summed E-state index contributed by atoms with van der Waals surface area (Å²) in [6.45, 7) is 7.96. The molecule has 2 N–H and O–H groups in total. The van der Waals surface area contributed by atoms with Crippen LogP contribution in [-0.2, 0) is 6.54 Å². The lowest BCUT2D eigenvalue weighted by molar-refractivity contribution is 0.0733. The van der Waals surface area contributed by atoms with Crippen molar-refractivity contribution in [2.75, 3.05) is 12.3 Å². The molecule has 0 saturated carbocycles. The van der Waals surface area contributed by atoms with E-state index in [-0.39, 0.29) is 5.91 Å². The monoisotopic (exact) mass is 235 g/mol. The van der Waals surface area contributed by atoms with Gasteiger partial charge in [0.2, 0.25) is 0 Å². The fourth-order valence-electron chi connectivity index (χ4n) is 2.70. The molecule has 17 heavy (non-hydrogen) atoms. The van der Waals surface area contributed by atoms with Crippen LogP contribution in [0.1, 0.15) is 37.7 Å². The Hall–Kier alpha value is -1.45. The third-order valence-electron chi connectivity index (χ3n) is 3.52. The van der Waals surface area contributed by atoms with Gasteiger partial charge in [0.15, 0.2) is 0 Å². The first-order chi connectivity index (χ1) is 8.02. The van der Waals surface area contributed by atoms with Crippen molar-refractivity contribution in [3.8, 4) is 0 Å². The van der Waals surface area contributed by atoms with Gasteiger partial charge in [0.25, 0.3) is 5.91 Å². The van der Waals surface area contributed by atoms with Crippen molar-refractivity contribution in [2.45, 2.75) is 39.8 Å². The van der Waals surface area contributed by atoms with Crippen LogP contribution in [0.25, 0.3) is 0 Å². The molecule has 1 aromatic heterocycles. The van der Waals surface area contributed by atoms with Gasteiger partial charge < -0.3 is 15.2 Å². The summed E-state index contributed by atoms with van der Waals surface area (Å²) in [5, 5.41) is 0. The molecule has 2 rings (SSSR count). The Morgan fingerprint density at radius 1 is 1.53 bits per heavy atom. The van der Waals surface area contributed by atoms with E-state index < -0.39 is 0 Å². The molecule has 2 unspecified atom stereocenters. The molecule has 4 heteroatoms. The van der Waals surface area contributed by atoms with Gasteiger partial charge in [-0.1, -0.05) is 6.92 Å². The lowest BCUT2D eigenvalue weighted by Gasteiger charge is -2.22. The average molecular weight is 235 g/mol. The Morgan fingerprint density at radius 2 is 2.24 bits per heavy atom. The molecule has 1 aliphatic heterocycles. The van der Waals surface area contributed by atoms with Gasteiger partial charge in [-0.25, -0.2) is 0 Å². The van der Waals surface area contributed by atoms with E-state index in [0.717, 1.165) is 19.5 Å². The predicted octanol–water partition coefficient (Wildman–Crippen LogP) is 1.96. The van der Waals surface area contributed by atoms with Crippen LogP contribution >= 0.6 is 0 Å². The number of nitrogens with two attached hydrogens (primary N) is 1. The van der Waals surface area contributed by atoms with Crippen LogP contribution in [0.5, 0.6) is 0 Å². The fraction of sp³-hybridized carbons (Fsp3) is 0.615. The largest absolute Gasteiger partial charge is 0.397 e. The molecule has 1 amide bonds. The van der Waals surface area contributed by atoms with E-state index in [1.807, 2.05) is 22.6 Å². The number of hydrogen-bond donors (Lipinski definition) is 1. The van der Waals surface area contributed by atoms with E-state index in [1.165, 1.54) is 0 Å². The zero-order valence-electron chi connectivity index (χ0n) is 10.8. The first-order valence-electron chi connectivity index (χ1n) is 6.29. The highest BCUT2D eigenvalue weighted by atomic mass is 16.2. The molecule has 0 radical (unpaired) electrons. The quantitative estimate of drug-likeness (QED) is 0.852. The number of likely N-dealkylation sites (tertiary alicyclic amines) is 1. The minimum atomic E-state index is 0.111. The normalized spacial score (nSPS) is 24.3. The number of amides is 1. The Labute approximate surface area is 102 Å². The number of carbonyl (C=O) groups is 1. The minimum absolute atomic E-state index is 0.111. The molecule has 0 aromatic carbocycles. The highest BCUT2D eigenvalue weighted by molar-refractivity contribution is 5.94. The second kappa shape index (κ2) is 4.43. The second-order valence-electron chi connectivity index (χ2n) is 5.09. The number of nitrogens with zero attached hydrogens (tertiary/aromatic N) is 2. The summed E-state index contributed by atoms with van der Waals surface area (Å²) in [6, 6.07) is 2.11. The highest BCUT2D eigenvalue weighted by Crippen LogP contribution is 2.25. The van der Waals surface area contributed by atoms with Crippen molar-refractivity contribution in [1.82, 2.24) is 9.47 Å². The zero-order chi connectivity index (χ0) is 12.6. The van der Waals surface area contributed by atoms with Gasteiger partial charge >= 0.3 is 0 Å². The second-order valence-corrected chi connectivity index (χ2v) is 5.09. The topological polar surface area (TPSA) is 51.3 Å². The fourth-order valence-corrected chi connectivity index (χ4v) is 2.70. The van der Waals surface area contributed by atoms with Crippen LogP contribution in [0.15, 0.2) is 12.3 Å². The minimum Gasteiger partial charge on any atom is -0.397 e. The van der Waals surface area contributed by atoms with Gasteiger partial charge in [0.1, 0.15) is 5.69 Å². The Kier molecular flexibility index (Phi) is 3.13. The van der Waals surface area contributed by atoms with E-state index in [1.54, 1.807) is 6.07 Å². The van der Waals surface area contributed by atoms with Gasteiger partial charge in [-0.3, -0.25) is 4.79 Å². The van der Waals surface area contributed by atoms with Crippen molar-refractivity contribution in [3.63, 3.8) is 0 Å². The van der Waals surface area contributed by atoms with E-state index in [4.69, 9.17) is 5.73 Å². The van der Waals surface area contributed by atoms with Crippen molar-refractivity contribution >= 4 is 11.6 Å². The van der Waals surface area contributed by atoms with Gasteiger partial charge in [0.05, 0.1) is 5.69 Å². The molecule has 0 bridgehead atoms. The molecule has 2 atom stereocenters. The number of hydrogen-bond acceptors (Lipinski definition) is 2. The average Bonchev–Trinajstić information content (AvgIpc) is 2.80. The van der Waals surface area contributed by atoms with Crippen molar-refractivity contribution in [1.29, 1.82) is 0 Å². The number of aromatic nitrogens is 1. The SMILES string of the molecule is CCn1cc(N)cc1C(=O)N1CC(C)CC1C. The maximum atomic E-state index is 12.4. The summed E-state index contributed by atoms with van der Waals surface area (Å²) in [7, 11) is 0. The van der Waals surface area contributed by atoms with Gasteiger partial charge in [-0.15, -0.1) is 0 Å². The third-order valence-corrected chi connectivity index (χ3v) is 3.52. The lowest BCUT2D eigenvalue weighted by atomic mass is 10.1. The molecule has 1 aromatic rings. The molecule has 2 heterocycles. The van der Waals surface area contributed by atoms with Crippen molar-refractivity contribution < 1.29 is 4.79 Å². The molecule has 4 nitrogen and oxygen atoms in total. The molecular formula is C13H21N3O. The van der Waals surface area contributed by atoms with Crippen LogP contribution in [-0.4, -0.2) is 28.0 Å². The first-order valence-corrected chi connectivity index (χ1v) is 6.29. The number of nitrogen functional groups attached to an aromatic ring is 1. The molecule has 1 saturated heterocycles. The van der Waals surface area contributed by atoms with Crippen LogP contribution in [0, 0.1) is 5.92 Å². The zero-order valence-corrected chi connectivity index (χ0v) is 10.8. The Morgan fingerprint density at radius 3 is 2.76 bits per heavy atom. The highest BCUT2D eigenvalue weighted by Gasteiger charge is 2.31. The maximum absolute atomic E-state index is 12.4. The van der Waals surface area contributed by atoms with E-state index in [9.17, 15) is 4.79 Å². The smallest absolute Gasteiger partial charge is 0.270 e. The Bertz CT molecular complexity index is 424. The number of anilines is 1. The lowest BCUT2D eigenvalue weighted by Crippen LogP contribution is -2.35. The molecule has 1 fully saturated rings. The first kappa shape index (κ1) is 12.0. The van der Waals surface area contributed by atoms with Crippen molar-refractivity contribution in [2.24, 2.45) is 5.92 Å².